The van der Waals surface area contributed by atoms with Crippen molar-refractivity contribution < 1.29 is 28.6 Å². The number of nitrogens with zero attached hydrogens (tertiary/aromatic N) is 4. The van der Waals surface area contributed by atoms with Crippen molar-refractivity contribution in [2.24, 2.45) is 0 Å². The summed E-state index contributed by atoms with van der Waals surface area (Å²) in [6.45, 7) is 14.1. The molecule has 0 radical (unpaired) electrons. The molecule has 2 saturated heterocycles. The highest BCUT2D eigenvalue weighted by Crippen LogP contribution is 2.35. The van der Waals surface area contributed by atoms with Gasteiger partial charge < -0.3 is 35.1 Å². The Hall–Kier alpha value is -5.83. The number of hydrogen-bond donors (Lipinski definition) is 4. The average molecular weight is 763 g/mol. The molecule has 4 heterocycles. The van der Waals surface area contributed by atoms with Crippen LogP contribution in [-0.4, -0.2) is 96.7 Å². The minimum Gasteiger partial charge on any atom is -0.457 e. The quantitative estimate of drug-likeness (QED) is 0.150. The Morgan fingerprint density at radius 3 is 2.25 bits per heavy atom. The van der Waals surface area contributed by atoms with Gasteiger partial charge in [0.15, 0.2) is 0 Å². The van der Waals surface area contributed by atoms with Crippen molar-refractivity contribution in [1.82, 2.24) is 30.3 Å². The van der Waals surface area contributed by atoms with Crippen molar-refractivity contribution >= 4 is 40.1 Å². The van der Waals surface area contributed by atoms with Crippen LogP contribution < -0.4 is 26.0 Å². The van der Waals surface area contributed by atoms with Gasteiger partial charge in [-0.3, -0.25) is 19.9 Å². The molecule has 294 valence electrons. The minimum absolute atomic E-state index is 0.00757. The molecule has 14 heteroatoms. The number of nitrogens with one attached hydrogen (secondary N) is 4. The summed E-state index contributed by atoms with van der Waals surface area (Å²) in [5, 5.41) is 18.2. The van der Waals surface area contributed by atoms with Crippen LogP contribution in [0.15, 0.2) is 85.1 Å². The monoisotopic (exact) mass is 762 g/mol. The lowest BCUT2D eigenvalue weighted by Gasteiger charge is -2.26. The molecule has 0 unspecified atom stereocenters. The van der Waals surface area contributed by atoms with Gasteiger partial charge in [0.05, 0.1) is 62.2 Å². The number of anilines is 2. The van der Waals surface area contributed by atoms with Crippen molar-refractivity contribution in [1.29, 1.82) is 0 Å². The number of pyridine rings is 1. The molecule has 0 atom stereocenters. The van der Waals surface area contributed by atoms with Gasteiger partial charge >= 0.3 is 6.03 Å². The fourth-order valence-electron chi connectivity index (χ4n) is 6.04. The number of ether oxygens (including phenoxy) is 3. The number of benzene rings is 3. The normalized spacial score (nSPS) is 14.3. The van der Waals surface area contributed by atoms with E-state index in [0.717, 1.165) is 54.0 Å². The molecule has 7 rings (SSSR count). The predicted octanol–water partition coefficient (Wildman–Crippen LogP) is 5.59. The summed E-state index contributed by atoms with van der Waals surface area (Å²) >= 11 is 0. The van der Waals surface area contributed by atoms with Crippen LogP contribution >= 0.6 is 0 Å². The van der Waals surface area contributed by atoms with Crippen molar-refractivity contribution in [3.05, 3.63) is 102 Å². The highest BCUT2D eigenvalue weighted by molar-refractivity contribution is 6.07. The number of urea groups is 1. The van der Waals surface area contributed by atoms with Gasteiger partial charge in [0, 0.05) is 60.7 Å². The Kier molecular flexibility index (Phi) is 13.3. The molecular weight excluding hydrogens is 713 g/mol. The van der Waals surface area contributed by atoms with Crippen LogP contribution in [0.2, 0.25) is 0 Å². The number of morpholine rings is 2. The lowest BCUT2D eigenvalue weighted by molar-refractivity contribution is -0.136. The SMILES string of the molecule is C1COCCN1.Cc1ccc(-n2nc(C(C)(C)C)cc2NC(=O)Nc2ccc(Oc3ccnc(CC(=O)NCC(=O)N4CCOCC4)c3)c3ccccc23)cc1. The third-order valence-corrected chi connectivity index (χ3v) is 9.13. The molecular formula is C42H50N8O6. The maximum atomic E-state index is 13.4. The van der Waals surface area contributed by atoms with Gasteiger partial charge in [0.1, 0.15) is 17.3 Å². The first-order valence-corrected chi connectivity index (χ1v) is 18.8. The molecule has 2 aliphatic rings. The number of aromatic nitrogens is 3. The van der Waals surface area contributed by atoms with E-state index < -0.39 is 6.03 Å². The third kappa shape index (κ3) is 10.9. The van der Waals surface area contributed by atoms with E-state index in [1.165, 1.54) is 0 Å². The van der Waals surface area contributed by atoms with E-state index in [2.05, 4.69) is 47.0 Å². The molecule has 2 fully saturated rings. The molecule has 0 aliphatic carbocycles. The summed E-state index contributed by atoms with van der Waals surface area (Å²) < 4.78 is 18.3. The summed E-state index contributed by atoms with van der Waals surface area (Å²) in [7, 11) is 0. The van der Waals surface area contributed by atoms with E-state index >= 15 is 0 Å². The lowest BCUT2D eigenvalue weighted by Crippen LogP contribution is -2.45. The first-order chi connectivity index (χ1) is 27.0. The van der Waals surface area contributed by atoms with Crippen LogP contribution in [-0.2, 0) is 30.9 Å². The smallest absolute Gasteiger partial charge is 0.324 e. The zero-order valence-corrected chi connectivity index (χ0v) is 32.4. The van der Waals surface area contributed by atoms with Crippen LogP contribution in [0.3, 0.4) is 0 Å². The van der Waals surface area contributed by atoms with Gasteiger partial charge in [-0.15, -0.1) is 0 Å². The maximum absolute atomic E-state index is 13.4. The molecule has 56 heavy (non-hydrogen) atoms. The summed E-state index contributed by atoms with van der Waals surface area (Å²) in [6.07, 6.45) is 1.57. The molecule has 3 aromatic carbocycles. The number of fused-ring (bicyclic) bond motifs is 1. The number of rotatable bonds is 9. The lowest BCUT2D eigenvalue weighted by atomic mass is 9.92. The fourth-order valence-corrected chi connectivity index (χ4v) is 6.04. The average Bonchev–Trinajstić information content (AvgIpc) is 3.64. The van der Waals surface area contributed by atoms with Gasteiger partial charge in [-0.1, -0.05) is 62.7 Å². The Labute approximate surface area is 326 Å². The molecule has 0 bridgehead atoms. The predicted molar refractivity (Wildman–Crippen MR) is 216 cm³/mol. The van der Waals surface area contributed by atoms with Crippen molar-refractivity contribution in [3.8, 4) is 17.2 Å². The Morgan fingerprint density at radius 1 is 0.857 bits per heavy atom. The van der Waals surface area contributed by atoms with Crippen LogP contribution in [0.25, 0.3) is 16.5 Å². The number of amides is 4. The maximum Gasteiger partial charge on any atom is 0.324 e. The van der Waals surface area contributed by atoms with Crippen LogP contribution in [0.4, 0.5) is 16.3 Å². The summed E-state index contributed by atoms with van der Waals surface area (Å²) in [5.41, 5.74) is 3.69. The molecule has 5 aromatic rings. The fraction of sp³-hybridized carbons (Fsp3) is 0.357. The third-order valence-electron chi connectivity index (χ3n) is 9.13. The van der Waals surface area contributed by atoms with Crippen molar-refractivity contribution in [2.75, 3.05) is 69.8 Å². The van der Waals surface area contributed by atoms with E-state index in [-0.39, 0.29) is 30.2 Å². The highest BCUT2D eigenvalue weighted by atomic mass is 16.5. The molecule has 14 nitrogen and oxygen atoms in total. The molecule has 2 aromatic heterocycles. The molecule has 2 aliphatic heterocycles. The second-order valence-electron chi connectivity index (χ2n) is 14.5. The van der Waals surface area contributed by atoms with Crippen LogP contribution in [0, 0.1) is 6.92 Å². The summed E-state index contributed by atoms with van der Waals surface area (Å²) in [4.78, 5) is 44.4. The van der Waals surface area contributed by atoms with Crippen LogP contribution in [0.5, 0.6) is 11.5 Å². The number of carbonyl (C=O) groups is 3. The van der Waals surface area contributed by atoms with Gasteiger partial charge in [-0.25, -0.2) is 9.48 Å². The molecule has 4 N–H and O–H groups in total. The van der Waals surface area contributed by atoms with E-state index in [1.807, 2.05) is 61.5 Å². The topological polar surface area (TPSA) is 161 Å². The van der Waals surface area contributed by atoms with Gasteiger partial charge in [-0.05, 0) is 37.3 Å². The standard InChI is InChI=1S/C38H41N7O5.C4H9NO/c1-25-9-11-27(12-10-25)45-34(23-33(43-45)38(2,3)4)42-37(48)41-31-13-14-32(30-8-6-5-7-29(30)31)50-28-15-16-39-26(21-28)22-35(46)40-24-36(47)44-17-19-49-20-18-44;1-3-6-4-2-5-1/h5-16,21,23H,17-20,22,24H2,1-4H3,(H,40,46)(H2,41,42,48);5H,1-4H2. The van der Waals surface area contributed by atoms with E-state index in [1.54, 1.807) is 40.0 Å². The Morgan fingerprint density at radius 2 is 1.57 bits per heavy atom. The van der Waals surface area contributed by atoms with Crippen molar-refractivity contribution in [3.63, 3.8) is 0 Å². The van der Waals surface area contributed by atoms with E-state index in [9.17, 15) is 14.4 Å². The largest absolute Gasteiger partial charge is 0.457 e. The van der Waals surface area contributed by atoms with Gasteiger partial charge in [-0.2, -0.15) is 5.10 Å². The zero-order valence-electron chi connectivity index (χ0n) is 32.4. The Balaban J connectivity index is 0.000000809. The van der Waals surface area contributed by atoms with E-state index in [0.29, 0.717) is 55.0 Å². The summed E-state index contributed by atoms with van der Waals surface area (Å²) in [5.74, 6) is 1.15. The summed E-state index contributed by atoms with van der Waals surface area (Å²) in [6, 6.07) is 24.0. The molecule has 0 spiro atoms. The highest BCUT2D eigenvalue weighted by Gasteiger charge is 2.22. The molecule has 0 saturated carbocycles. The molecule has 4 amide bonds. The second kappa shape index (κ2) is 18.7. The number of hydrogen-bond acceptors (Lipinski definition) is 9. The first kappa shape index (κ1) is 39.9. The van der Waals surface area contributed by atoms with Crippen molar-refractivity contribution in [2.45, 2.75) is 39.5 Å². The number of aryl methyl sites for hydroxylation is 1. The van der Waals surface area contributed by atoms with E-state index in [4.69, 9.17) is 19.3 Å². The first-order valence-electron chi connectivity index (χ1n) is 18.8. The number of carbonyl (C=O) groups excluding carboxylic acids is 3. The van der Waals surface area contributed by atoms with Gasteiger partial charge in [0.2, 0.25) is 11.8 Å². The Bertz CT molecular complexity index is 2110. The minimum atomic E-state index is -0.416. The second-order valence-corrected chi connectivity index (χ2v) is 14.5. The van der Waals surface area contributed by atoms with Gasteiger partial charge in [0.25, 0.3) is 0 Å². The zero-order chi connectivity index (χ0) is 39.5. The van der Waals surface area contributed by atoms with Crippen LogP contribution in [0.1, 0.15) is 37.7 Å².